The van der Waals surface area contributed by atoms with Crippen molar-refractivity contribution in [3.05, 3.63) is 35.9 Å². The largest absolute Gasteiger partial charge is 0.324 e. The van der Waals surface area contributed by atoms with Crippen LogP contribution in [0.3, 0.4) is 0 Å². The minimum Gasteiger partial charge on any atom is -0.324 e. The topological polar surface area (TPSA) is 29.3 Å². The molecule has 0 amide bonds. The molecule has 18 heavy (non-hydrogen) atoms. The van der Waals surface area contributed by atoms with E-state index in [4.69, 9.17) is 5.73 Å². The van der Waals surface area contributed by atoms with E-state index < -0.39 is 0 Å². The van der Waals surface area contributed by atoms with E-state index in [-0.39, 0.29) is 6.04 Å². The van der Waals surface area contributed by atoms with Gasteiger partial charge < -0.3 is 10.6 Å². The third-order valence-corrected chi connectivity index (χ3v) is 4.05. The second-order valence-corrected chi connectivity index (χ2v) is 5.55. The molecule has 1 aromatic rings. The number of likely N-dealkylation sites (tertiary alicyclic amines) is 1. The van der Waals surface area contributed by atoms with Crippen LogP contribution >= 0.6 is 0 Å². The molecule has 0 aromatic heterocycles. The minimum absolute atomic E-state index is 0.191. The molecule has 0 aliphatic carbocycles. The molecule has 2 unspecified atom stereocenters. The zero-order valence-electron chi connectivity index (χ0n) is 11.5. The van der Waals surface area contributed by atoms with Crippen LogP contribution in [0, 0.1) is 5.92 Å². The summed E-state index contributed by atoms with van der Waals surface area (Å²) in [5.41, 5.74) is 7.51. The molecule has 2 atom stereocenters. The monoisotopic (exact) mass is 246 g/mol. The highest BCUT2D eigenvalue weighted by molar-refractivity contribution is 5.18. The number of hydrogen-bond donors (Lipinski definition) is 1. The molecule has 0 bridgehead atoms. The third-order valence-electron chi connectivity index (χ3n) is 4.05. The Bertz CT molecular complexity index is 336. The first-order chi connectivity index (χ1) is 8.79. The van der Waals surface area contributed by atoms with Crippen LogP contribution in [0.1, 0.15) is 44.2 Å². The predicted octanol–water partition coefficient (Wildman–Crippen LogP) is 3.20. The SMILES string of the molecule is CCCC1CCN(CCC(N)c2ccccc2)C1. The Balaban J connectivity index is 1.72. The maximum atomic E-state index is 6.24. The lowest BCUT2D eigenvalue weighted by Gasteiger charge is -2.19. The van der Waals surface area contributed by atoms with Gasteiger partial charge in [-0.2, -0.15) is 0 Å². The summed E-state index contributed by atoms with van der Waals surface area (Å²) in [6.45, 7) is 5.99. The highest BCUT2D eigenvalue weighted by Gasteiger charge is 2.21. The van der Waals surface area contributed by atoms with E-state index in [9.17, 15) is 0 Å². The van der Waals surface area contributed by atoms with E-state index in [1.165, 1.54) is 37.9 Å². The molecular weight excluding hydrogens is 220 g/mol. The molecule has 2 rings (SSSR count). The Morgan fingerprint density at radius 3 is 2.83 bits per heavy atom. The lowest BCUT2D eigenvalue weighted by Crippen LogP contribution is -2.25. The molecule has 1 aliphatic heterocycles. The highest BCUT2D eigenvalue weighted by Crippen LogP contribution is 2.22. The Morgan fingerprint density at radius 1 is 1.33 bits per heavy atom. The maximum absolute atomic E-state index is 6.24. The van der Waals surface area contributed by atoms with E-state index >= 15 is 0 Å². The fraction of sp³-hybridized carbons (Fsp3) is 0.625. The van der Waals surface area contributed by atoms with Gasteiger partial charge in [0.1, 0.15) is 0 Å². The first-order valence-electron chi connectivity index (χ1n) is 7.32. The van der Waals surface area contributed by atoms with Crippen LogP contribution in [0.2, 0.25) is 0 Å². The maximum Gasteiger partial charge on any atom is 0.0307 e. The molecule has 1 aromatic carbocycles. The van der Waals surface area contributed by atoms with Gasteiger partial charge in [-0.3, -0.25) is 0 Å². The van der Waals surface area contributed by atoms with Crippen LogP contribution in [0.4, 0.5) is 0 Å². The summed E-state index contributed by atoms with van der Waals surface area (Å²) in [5, 5.41) is 0. The average molecular weight is 246 g/mol. The average Bonchev–Trinajstić information content (AvgIpc) is 2.85. The zero-order valence-corrected chi connectivity index (χ0v) is 11.5. The van der Waals surface area contributed by atoms with Gasteiger partial charge in [-0.25, -0.2) is 0 Å². The highest BCUT2D eigenvalue weighted by atomic mass is 15.1. The first kappa shape index (κ1) is 13.6. The van der Waals surface area contributed by atoms with Crippen LogP contribution < -0.4 is 5.73 Å². The smallest absolute Gasteiger partial charge is 0.0307 e. The molecule has 2 nitrogen and oxygen atoms in total. The number of rotatable bonds is 6. The quantitative estimate of drug-likeness (QED) is 0.835. The fourth-order valence-electron chi connectivity index (χ4n) is 2.95. The van der Waals surface area contributed by atoms with Gasteiger partial charge in [-0.1, -0.05) is 43.7 Å². The Labute approximate surface area is 111 Å². The van der Waals surface area contributed by atoms with Gasteiger partial charge in [-0.15, -0.1) is 0 Å². The molecule has 0 spiro atoms. The summed E-state index contributed by atoms with van der Waals surface area (Å²) in [5.74, 6) is 0.933. The van der Waals surface area contributed by atoms with Crippen molar-refractivity contribution in [1.29, 1.82) is 0 Å². The van der Waals surface area contributed by atoms with E-state index in [2.05, 4.69) is 36.1 Å². The summed E-state index contributed by atoms with van der Waals surface area (Å²) in [4.78, 5) is 2.59. The predicted molar refractivity (Wildman–Crippen MR) is 77.4 cm³/mol. The van der Waals surface area contributed by atoms with Crippen molar-refractivity contribution in [2.45, 2.75) is 38.6 Å². The van der Waals surface area contributed by atoms with Crippen molar-refractivity contribution in [3.8, 4) is 0 Å². The minimum atomic E-state index is 0.191. The molecule has 0 saturated carbocycles. The van der Waals surface area contributed by atoms with Crippen LogP contribution in [0.15, 0.2) is 30.3 Å². The molecule has 1 saturated heterocycles. The number of nitrogens with zero attached hydrogens (tertiary/aromatic N) is 1. The number of nitrogens with two attached hydrogens (primary N) is 1. The summed E-state index contributed by atoms with van der Waals surface area (Å²) in [7, 11) is 0. The van der Waals surface area contributed by atoms with Gasteiger partial charge >= 0.3 is 0 Å². The summed E-state index contributed by atoms with van der Waals surface area (Å²) in [6.07, 6.45) is 5.17. The van der Waals surface area contributed by atoms with Crippen LogP contribution in [0.25, 0.3) is 0 Å². The van der Waals surface area contributed by atoms with Crippen LogP contribution in [-0.4, -0.2) is 24.5 Å². The van der Waals surface area contributed by atoms with Crippen molar-refractivity contribution in [3.63, 3.8) is 0 Å². The van der Waals surface area contributed by atoms with Crippen LogP contribution in [-0.2, 0) is 0 Å². The number of benzene rings is 1. The number of hydrogen-bond acceptors (Lipinski definition) is 2. The van der Waals surface area contributed by atoms with Gasteiger partial charge in [0.25, 0.3) is 0 Å². The molecular formula is C16H26N2. The molecule has 2 heteroatoms. The first-order valence-corrected chi connectivity index (χ1v) is 7.32. The van der Waals surface area contributed by atoms with Crippen molar-refractivity contribution < 1.29 is 0 Å². The van der Waals surface area contributed by atoms with E-state index in [1.54, 1.807) is 0 Å². The Morgan fingerprint density at radius 2 is 2.11 bits per heavy atom. The van der Waals surface area contributed by atoms with Gasteiger partial charge in [0, 0.05) is 12.6 Å². The third kappa shape index (κ3) is 3.82. The zero-order chi connectivity index (χ0) is 12.8. The van der Waals surface area contributed by atoms with Gasteiger partial charge in [-0.05, 0) is 43.8 Å². The normalized spacial score (nSPS) is 22.2. The Hall–Kier alpha value is -0.860. The molecule has 1 heterocycles. The molecule has 2 N–H and O–H groups in total. The second kappa shape index (κ2) is 6.91. The second-order valence-electron chi connectivity index (χ2n) is 5.55. The summed E-state index contributed by atoms with van der Waals surface area (Å²) >= 11 is 0. The van der Waals surface area contributed by atoms with Crippen molar-refractivity contribution >= 4 is 0 Å². The fourth-order valence-corrected chi connectivity index (χ4v) is 2.95. The molecule has 1 fully saturated rings. The molecule has 1 aliphatic rings. The van der Waals surface area contributed by atoms with Gasteiger partial charge in [0.2, 0.25) is 0 Å². The van der Waals surface area contributed by atoms with E-state index in [0.29, 0.717) is 0 Å². The van der Waals surface area contributed by atoms with Crippen molar-refractivity contribution in [2.75, 3.05) is 19.6 Å². The van der Waals surface area contributed by atoms with Crippen molar-refractivity contribution in [1.82, 2.24) is 4.90 Å². The molecule has 100 valence electrons. The summed E-state index contributed by atoms with van der Waals surface area (Å²) in [6, 6.07) is 10.6. The standard InChI is InChI=1S/C16H26N2/c1-2-6-14-9-11-18(13-14)12-10-16(17)15-7-4-3-5-8-15/h3-5,7-8,14,16H,2,6,9-13,17H2,1H3. The van der Waals surface area contributed by atoms with E-state index in [0.717, 1.165) is 18.9 Å². The molecule has 0 radical (unpaired) electrons. The lowest BCUT2D eigenvalue weighted by molar-refractivity contribution is 0.306. The van der Waals surface area contributed by atoms with Crippen molar-refractivity contribution in [2.24, 2.45) is 11.7 Å². The van der Waals surface area contributed by atoms with Gasteiger partial charge in [0.15, 0.2) is 0 Å². The van der Waals surface area contributed by atoms with Crippen LogP contribution in [0.5, 0.6) is 0 Å². The summed E-state index contributed by atoms with van der Waals surface area (Å²) < 4.78 is 0. The van der Waals surface area contributed by atoms with E-state index in [1.807, 2.05) is 6.07 Å². The van der Waals surface area contributed by atoms with Gasteiger partial charge in [0.05, 0.1) is 0 Å². The Kier molecular flexibility index (Phi) is 5.21. The lowest BCUT2D eigenvalue weighted by atomic mass is 10.0.